The van der Waals surface area contributed by atoms with Crippen LogP contribution in [-0.4, -0.2) is 35.6 Å². The van der Waals surface area contributed by atoms with Gasteiger partial charge in [0.25, 0.3) is 0 Å². The molecule has 1 N–H and O–H groups in total. The molecule has 0 bridgehead atoms. The topological polar surface area (TPSA) is 58.2 Å². The summed E-state index contributed by atoms with van der Waals surface area (Å²) in [6.07, 6.45) is 1.78. The molecule has 124 valence electrons. The average molecular weight is 323 g/mol. The van der Waals surface area contributed by atoms with Gasteiger partial charge in [0, 0.05) is 42.5 Å². The molecule has 0 saturated carbocycles. The Balaban J connectivity index is 1.87. The number of likely N-dealkylation sites (N-methyl/N-ethyl adjacent to an activating group) is 1. The van der Waals surface area contributed by atoms with Crippen LogP contribution >= 0.6 is 0 Å². The summed E-state index contributed by atoms with van der Waals surface area (Å²) >= 11 is 0. The summed E-state index contributed by atoms with van der Waals surface area (Å²) in [5, 5.41) is 0.710. The molecule has 0 amide bonds. The van der Waals surface area contributed by atoms with Gasteiger partial charge in [-0.05, 0) is 31.3 Å². The highest BCUT2D eigenvalue weighted by molar-refractivity contribution is 5.78. The molecule has 0 spiro atoms. The molecule has 5 heteroatoms. The van der Waals surface area contributed by atoms with E-state index in [2.05, 4.69) is 14.9 Å². The molecule has 0 unspecified atom stereocenters. The van der Waals surface area contributed by atoms with Gasteiger partial charge in [-0.25, -0.2) is 0 Å². The standard InChI is InChI=1S/C19H21N3O2/c1-22(18(13-24-2)17-9-5-6-10-20-17)12-14-11-19(23)15-7-3-4-8-16(15)21-14/h3-11,18H,12-13H2,1-2H3,(H,21,23)/t18-/m1/s1. The van der Waals surface area contributed by atoms with Crippen LogP contribution in [-0.2, 0) is 11.3 Å². The van der Waals surface area contributed by atoms with Crippen LogP contribution < -0.4 is 5.43 Å². The van der Waals surface area contributed by atoms with E-state index in [4.69, 9.17) is 4.74 Å². The number of hydrogen-bond acceptors (Lipinski definition) is 4. The number of para-hydroxylation sites is 1. The molecule has 3 rings (SSSR count). The van der Waals surface area contributed by atoms with Gasteiger partial charge in [-0.3, -0.25) is 14.7 Å². The number of aromatic nitrogens is 2. The number of methoxy groups -OCH3 is 1. The zero-order valence-corrected chi connectivity index (χ0v) is 13.9. The van der Waals surface area contributed by atoms with Crippen LogP contribution in [0.1, 0.15) is 17.4 Å². The third-order valence-corrected chi connectivity index (χ3v) is 4.10. The van der Waals surface area contributed by atoms with Crippen LogP contribution in [0.3, 0.4) is 0 Å². The SMILES string of the molecule is COC[C@H](c1ccccn1)N(C)Cc1cc(=O)c2ccccc2[nH]1. The Hall–Kier alpha value is -2.50. The minimum absolute atomic E-state index is 0.0196. The Labute approximate surface area is 140 Å². The molecule has 1 atom stereocenters. The Bertz CT molecular complexity index is 861. The number of pyridine rings is 2. The van der Waals surface area contributed by atoms with E-state index in [1.54, 1.807) is 19.4 Å². The quantitative estimate of drug-likeness (QED) is 0.758. The summed E-state index contributed by atoms with van der Waals surface area (Å²) in [7, 11) is 3.69. The van der Waals surface area contributed by atoms with Gasteiger partial charge in [-0.15, -0.1) is 0 Å². The molecule has 0 aliphatic carbocycles. The summed E-state index contributed by atoms with van der Waals surface area (Å²) in [5.74, 6) is 0. The third kappa shape index (κ3) is 3.53. The van der Waals surface area contributed by atoms with Crippen molar-refractivity contribution in [3.05, 3.63) is 76.3 Å². The second-order valence-electron chi connectivity index (χ2n) is 5.85. The number of benzene rings is 1. The minimum Gasteiger partial charge on any atom is -0.383 e. The summed E-state index contributed by atoms with van der Waals surface area (Å²) < 4.78 is 5.36. The number of H-pyrrole nitrogens is 1. The van der Waals surface area contributed by atoms with E-state index < -0.39 is 0 Å². The van der Waals surface area contributed by atoms with Crippen molar-refractivity contribution in [2.24, 2.45) is 0 Å². The van der Waals surface area contributed by atoms with Gasteiger partial charge < -0.3 is 9.72 Å². The zero-order valence-electron chi connectivity index (χ0n) is 13.9. The minimum atomic E-state index is 0.0196. The van der Waals surface area contributed by atoms with E-state index >= 15 is 0 Å². The fraction of sp³-hybridized carbons (Fsp3) is 0.263. The van der Waals surface area contributed by atoms with Crippen molar-refractivity contribution in [2.75, 3.05) is 20.8 Å². The predicted molar refractivity (Wildman–Crippen MR) is 94.9 cm³/mol. The van der Waals surface area contributed by atoms with E-state index in [1.165, 1.54) is 0 Å². The molecule has 5 nitrogen and oxygen atoms in total. The fourth-order valence-corrected chi connectivity index (χ4v) is 2.89. The van der Waals surface area contributed by atoms with E-state index in [9.17, 15) is 4.79 Å². The van der Waals surface area contributed by atoms with Gasteiger partial charge >= 0.3 is 0 Å². The van der Waals surface area contributed by atoms with Crippen molar-refractivity contribution >= 4 is 10.9 Å². The molecule has 24 heavy (non-hydrogen) atoms. The van der Waals surface area contributed by atoms with Crippen LogP contribution in [0.5, 0.6) is 0 Å². The van der Waals surface area contributed by atoms with Crippen LogP contribution in [0.2, 0.25) is 0 Å². The highest BCUT2D eigenvalue weighted by atomic mass is 16.5. The molecule has 0 aliphatic heterocycles. The Kier molecular flexibility index (Phi) is 5.03. The normalized spacial score (nSPS) is 12.6. The van der Waals surface area contributed by atoms with Gasteiger partial charge in [0.2, 0.25) is 0 Å². The van der Waals surface area contributed by atoms with Gasteiger partial charge in [0.1, 0.15) is 0 Å². The molecule has 3 aromatic rings. The maximum absolute atomic E-state index is 12.3. The van der Waals surface area contributed by atoms with Crippen molar-refractivity contribution in [3.63, 3.8) is 0 Å². The molecule has 0 saturated heterocycles. The number of fused-ring (bicyclic) bond motifs is 1. The number of nitrogens with one attached hydrogen (secondary N) is 1. The summed E-state index contributed by atoms with van der Waals surface area (Å²) in [4.78, 5) is 22.2. The summed E-state index contributed by atoms with van der Waals surface area (Å²) in [5.41, 5.74) is 2.71. The number of nitrogens with zero attached hydrogens (tertiary/aromatic N) is 2. The molecule has 1 aromatic carbocycles. The lowest BCUT2D eigenvalue weighted by atomic mass is 10.1. The second kappa shape index (κ2) is 7.38. The monoisotopic (exact) mass is 323 g/mol. The lowest BCUT2D eigenvalue weighted by Gasteiger charge is -2.27. The first kappa shape index (κ1) is 16.4. The number of hydrogen-bond donors (Lipinski definition) is 1. The molecule has 0 radical (unpaired) electrons. The van der Waals surface area contributed by atoms with Gasteiger partial charge in [0.15, 0.2) is 5.43 Å². The summed E-state index contributed by atoms with van der Waals surface area (Å²) in [6, 6.07) is 15.1. The van der Waals surface area contributed by atoms with Crippen molar-refractivity contribution in [2.45, 2.75) is 12.6 Å². The zero-order chi connectivity index (χ0) is 16.9. The van der Waals surface area contributed by atoms with Crippen molar-refractivity contribution < 1.29 is 4.74 Å². The molecular weight excluding hydrogens is 302 g/mol. The largest absolute Gasteiger partial charge is 0.383 e. The molecule has 0 aliphatic rings. The third-order valence-electron chi connectivity index (χ3n) is 4.10. The van der Waals surface area contributed by atoms with Gasteiger partial charge in [0.05, 0.1) is 18.3 Å². The first-order chi connectivity index (χ1) is 11.7. The van der Waals surface area contributed by atoms with E-state index in [-0.39, 0.29) is 11.5 Å². The first-order valence-electron chi connectivity index (χ1n) is 7.90. The lowest BCUT2D eigenvalue weighted by Crippen LogP contribution is -2.29. The van der Waals surface area contributed by atoms with Crippen LogP contribution in [0, 0.1) is 0 Å². The number of ether oxygens (including phenoxy) is 1. The number of aromatic amines is 1. The predicted octanol–water partition coefficient (Wildman–Crippen LogP) is 2.74. The van der Waals surface area contributed by atoms with E-state index in [0.29, 0.717) is 18.5 Å². The average Bonchev–Trinajstić information content (AvgIpc) is 2.60. The van der Waals surface area contributed by atoms with E-state index in [1.807, 2.05) is 49.5 Å². The Morgan fingerprint density at radius 3 is 2.75 bits per heavy atom. The Morgan fingerprint density at radius 1 is 1.21 bits per heavy atom. The summed E-state index contributed by atoms with van der Waals surface area (Å²) in [6.45, 7) is 1.13. The van der Waals surface area contributed by atoms with Crippen molar-refractivity contribution in [3.8, 4) is 0 Å². The van der Waals surface area contributed by atoms with Gasteiger partial charge in [-0.1, -0.05) is 18.2 Å². The molecule has 2 heterocycles. The maximum Gasteiger partial charge on any atom is 0.189 e. The van der Waals surface area contributed by atoms with Crippen LogP contribution in [0.25, 0.3) is 10.9 Å². The second-order valence-corrected chi connectivity index (χ2v) is 5.85. The van der Waals surface area contributed by atoms with Crippen LogP contribution in [0.15, 0.2) is 59.5 Å². The first-order valence-corrected chi connectivity index (χ1v) is 7.90. The maximum atomic E-state index is 12.3. The van der Waals surface area contributed by atoms with Gasteiger partial charge in [-0.2, -0.15) is 0 Å². The smallest absolute Gasteiger partial charge is 0.189 e. The highest BCUT2D eigenvalue weighted by Crippen LogP contribution is 2.19. The van der Waals surface area contributed by atoms with Crippen LogP contribution in [0.4, 0.5) is 0 Å². The molecule has 0 fully saturated rings. The van der Waals surface area contributed by atoms with E-state index in [0.717, 1.165) is 16.9 Å². The Morgan fingerprint density at radius 2 is 2.00 bits per heavy atom. The van der Waals surface area contributed by atoms with Crippen molar-refractivity contribution in [1.29, 1.82) is 0 Å². The molecular formula is C19H21N3O2. The highest BCUT2D eigenvalue weighted by Gasteiger charge is 2.19. The number of rotatable bonds is 6. The lowest BCUT2D eigenvalue weighted by molar-refractivity contribution is 0.0993. The fourth-order valence-electron chi connectivity index (χ4n) is 2.89. The molecule has 2 aromatic heterocycles. The van der Waals surface area contributed by atoms with Crippen molar-refractivity contribution in [1.82, 2.24) is 14.9 Å².